The lowest BCUT2D eigenvalue weighted by Crippen LogP contribution is -2.33. The van der Waals surface area contributed by atoms with Crippen LogP contribution in [0.5, 0.6) is 5.75 Å². The molecule has 15 heavy (non-hydrogen) atoms. The Hall–Kier alpha value is -1.39. The second-order valence-electron chi connectivity index (χ2n) is 3.39. The molecule has 1 aromatic rings. The van der Waals surface area contributed by atoms with E-state index in [-0.39, 0.29) is 0 Å². The van der Waals surface area contributed by atoms with Gasteiger partial charge in [-0.05, 0) is 24.6 Å². The average molecular weight is 215 g/mol. The van der Waals surface area contributed by atoms with Gasteiger partial charge in [0.15, 0.2) is 0 Å². The molecule has 0 saturated carbocycles. The van der Waals surface area contributed by atoms with E-state index in [9.17, 15) is 12.9 Å². The topological polar surface area (TPSA) is 9.23 Å². The molecule has 0 radical (unpaired) electrons. The third kappa shape index (κ3) is 3.69. The summed E-state index contributed by atoms with van der Waals surface area (Å²) in [5.74, 6) is 0.418. The van der Waals surface area contributed by atoms with Gasteiger partial charge in [0.25, 0.3) is 0 Å². The summed E-state index contributed by atoms with van der Waals surface area (Å²) in [7, 11) is 0. The summed E-state index contributed by atoms with van der Waals surface area (Å²) in [5, 5.41) is 0. The van der Waals surface area contributed by atoms with Crippen molar-refractivity contribution in [1.82, 2.24) is 0 Å². The molecular formula is C10H11BF3O-. The van der Waals surface area contributed by atoms with E-state index < -0.39 is 12.4 Å². The molecule has 0 aliphatic carbocycles. The molecule has 0 heterocycles. The largest absolute Gasteiger partial charge is 0.509 e. The number of benzene rings is 1. The molecule has 0 amide bonds. The van der Waals surface area contributed by atoms with Gasteiger partial charge in [-0.2, -0.15) is 0 Å². The van der Waals surface area contributed by atoms with Gasteiger partial charge < -0.3 is 17.7 Å². The van der Waals surface area contributed by atoms with Crippen molar-refractivity contribution in [3.8, 4) is 5.75 Å². The Balaban J connectivity index is 2.69. The average Bonchev–Trinajstić information content (AvgIpc) is 2.14. The van der Waals surface area contributed by atoms with E-state index in [1.807, 2.05) is 0 Å². The number of hydrogen-bond acceptors (Lipinski definition) is 1. The van der Waals surface area contributed by atoms with Gasteiger partial charge in [-0.1, -0.05) is 18.7 Å². The van der Waals surface area contributed by atoms with Crippen LogP contribution in [-0.2, 0) is 0 Å². The number of hydrogen-bond donors (Lipinski definition) is 0. The van der Waals surface area contributed by atoms with Crippen LogP contribution in [0, 0.1) is 0 Å². The van der Waals surface area contributed by atoms with Gasteiger partial charge in [0, 0.05) is 0 Å². The van der Waals surface area contributed by atoms with Crippen LogP contribution in [0.2, 0.25) is 0 Å². The fourth-order valence-electron chi connectivity index (χ4n) is 0.989. The molecule has 0 aliphatic heterocycles. The van der Waals surface area contributed by atoms with Crippen molar-refractivity contribution in [2.24, 2.45) is 0 Å². The first-order valence-electron chi connectivity index (χ1n) is 4.46. The van der Waals surface area contributed by atoms with Crippen LogP contribution in [0.3, 0.4) is 0 Å². The van der Waals surface area contributed by atoms with Gasteiger partial charge in [0.1, 0.15) is 12.4 Å². The summed E-state index contributed by atoms with van der Waals surface area (Å²) in [6, 6.07) is 4.67. The summed E-state index contributed by atoms with van der Waals surface area (Å²) < 4.78 is 41.9. The summed E-state index contributed by atoms with van der Waals surface area (Å²) >= 11 is 0. The minimum Gasteiger partial charge on any atom is -0.489 e. The lowest BCUT2D eigenvalue weighted by atomic mass is 9.80. The molecular weight excluding hydrogens is 204 g/mol. The fourth-order valence-corrected chi connectivity index (χ4v) is 0.989. The molecule has 0 unspecified atom stereocenters. The monoisotopic (exact) mass is 215 g/mol. The van der Waals surface area contributed by atoms with E-state index >= 15 is 0 Å². The maximum Gasteiger partial charge on any atom is 0.509 e. The van der Waals surface area contributed by atoms with Crippen molar-refractivity contribution in [3.63, 3.8) is 0 Å². The third-order valence-electron chi connectivity index (χ3n) is 1.74. The first kappa shape index (κ1) is 11.7. The molecule has 1 nitrogen and oxygen atoms in total. The van der Waals surface area contributed by atoms with E-state index in [1.165, 1.54) is 12.1 Å². The third-order valence-corrected chi connectivity index (χ3v) is 1.74. The van der Waals surface area contributed by atoms with Crippen molar-refractivity contribution in [3.05, 3.63) is 36.4 Å². The van der Waals surface area contributed by atoms with E-state index in [0.717, 1.165) is 17.7 Å². The van der Waals surface area contributed by atoms with E-state index in [1.54, 1.807) is 6.92 Å². The van der Waals surface area contributed by atoms with Crippen LogP contribution in [0.1, 0.15) is 6.92 Å². The zero-order valence-electron chi connectivity index (χ0n) is 8.34. The number of rotatable bonds is 4. The summed E-state index contributed by atoms with van der Waals surface area (Å²) in [4.78, 5) is 0. The Bertz CT molecular complexity index is 343. The molecule has 5 heteroatoms. The minimum absolute atomic E-state index is 0.316. The molecule has 1 aromatic carbocycles. The van der Waals surface area contributed by atoms with Crippen molar-refractivity contribution < 1.29 is 17.7 Å². The highest BCUT2D eigenvalue weighted by Crippen LogP contribution is 2.13. The molecule has 1 rings (SSSR count). The number of ether oxygens (including phenoxy) is 1. The van der Waals surface area contributed by atoms with Gasteiger partial charge in [-0.15, -0.1) is 5.46 Å². The Kier molecular flexibility index (Phi) is 3.45. The van der Waals surface area contributed by atoms with Crippen molar-refractivity contribution in [2.75, 3.05) is 6.61 Å². The van der Waals surface area contributed by atoms with E-state index in [0.29, 0.717) is 12.4 Å². The molecule has 0 N–H and O–H groups in total. The predicted molar refractivity (Wildman–Crippen MR) is 55.5 cm³/mol. The SMILES string of the molecule is C=C(C)COc1ccc([B-](F)(F)F)cc1. The maximum absolute atomic E-state index is 12.2. The van der Waals surface area contributed by atoms with Gasteiger partial charge in [0.05, 0.1) is 0 Å². The van der Waals surface area contributed by atoms with Crippen molar-refractivity contribution in [1.29, 1.82) is 0 Å². The second-order valence-corrected chi connectivity index (χ2v) is 3.39. The molecule has 0 aromatic heterocycles. The normalized spacial score (nSPS) is 11.2. The molecule has 0 spiro atoms. The maximum atomic E-state index is 12.2. The summed E-state index contributed by atoms with van der Waals surface area (Å²) in [6.07, 6.45) is 0. The van der Waals surface area contributed by atoms with Gasteiger partial charge >= 0.3 is 6.98 Å². The fraction of sp³-hybridized carbons (Fsp3) is 0.200. The molecule has 0 aliphatic rings. The molecule has 0 fully saturated rings. The first-order valence-corrected chi connectivity index (χ1v) is 4.46. The minimum atomic E-state index is -4.92. The van der Waals surface area contributed by atoms with Crippen LogP contribution < -0.4 is 10.2 Å². The quantitative estimate of drug-likeness (QED) is 0.554. The van der Waals surface area contributed by atoms with Gasteiger partial charge in [-0.3, -0.25) is 0 Å². The smallest absolute Gasteiger partial charge is 0.489 e. The van der Waals surface area contributed by atoms with E-state index in [2.05, 4.69) is 6.58 Å². The van der Waals surface area contributed by atoms with E-state index in [4.69, 9.17) is 4.74 Å². The lowest BCUT2D eigenvalue weighted by molar-refractivity contribution is 0.353. The Morgan fingerprint density at radius 2 is 1.80 bits per heavy atom. The molecule has 82 valence electrons. The zero-order valence-corrected chi connectivity index (χ0v) is 8.34. The number of halogens is 3. The molecule has 0 atom stereocenters. The van der Waals surface area contributed by atoms with Crippen LogP contribution in [0.4, 0.5) is 12.9 Å². The van der Waals surface area contributed by atoms with Crippen LogP contribution in [0.25, 0.3) is 0 Å². The van der Waals surface area contributed by atoms with Crippen molar-refractivity contribution in [2.45, 2.75) is 6.92 Å². The molecule has 0 bridgehead atoms. The van der Waals surface area contributed by atoms with Crippen LogP contribution in [0.15, 0.2) is 36.4 Å². The standard InChI is InChI=1S/C10H11BF3O/c1-8(2)7-15-10-5-3-9(4-6-10)11(12,13)14/h3-6H,1,7H2,2H3/q-1. The first-order chi connectivity index (χ1) is 6.89. The van der Waals surface area contributed by atoms with Gasteiger partial charge in [0.2, 0.25) is 0 Å². The van der Waals surface area contributed by atoms with Crippen LogP contribution in [-0.4, -0.2) is 13.6 Å². The summed E-state index contributed by atoms with van der Waals surface area (Å²) in [6.45, 7) is 0.808. The Morgan fingerprint density at radius 1 is 1.27 bits per heavy atom. The van der Waals surface area contributed by atoms with Crippen LogP contribution >= 0.6 is 0 Å². The van der Waals surface area contributed by atoms with Crippen molar-refractivity contribution >= 4 is 12.4 Å². The Morgan fingerprint density at radius 3 is 2.20 bits per heavy atom. The second kappa shape index (κ2) is 4.42. The molecule has 0 saturated heterocycles. The van der Waals surface area contributed by atoms with Gasteiger partial charge in [-0.25, -0.2) is 0 Å². The Labute approximate surface area is 86.6 Å². The highest BCUT2D eigenvalue weighted by atomic mass is 19.4. The highest BCUT2D eigenvalue weighted by molar-refractivity contribution is 6.73. The summed E-state index contributed by atoms with van der Waals surface area (Å²) in [5.41, 5.74) is 0.205. The highest BCUT2D eigenvalue weighted by Gasteiger charge is 2.24. The zero-order chi connectivity index (χ0) is 11.5. The predicted octanol–water partition coefficient (Wildman–Crippen LogP) is 2.70. The lowest BCUT2D eigenvalue weighted by Gasteiger charge is -2.15.